The highest BCUT2D eigenvalue weighted by Gasteiger charge is 2.35. The summed E-state index contributed by atoms with van der Waals surface area (Å²) in [6.07, 6.45) is 7.13. The van der Waals surface area contributed by atoms with Crippen LogP contribution in [0.4, 0.5) is 0 Å². The lowest BCUT2D eigenvalue weighted by Gasteiger charge is -2.40. The van der Waals surface area contributed by atoms with Gasteiger partial charge < -0.3 is 4.90 Å². The first-order valence-corrected chi connectivity index (χ1v) is 9.08. The van der Waals surface area contributed by atoms with Gasteiger partial charge in [0.2, 0.25) is 5.91 Å². The smallest absolute Gasteiger partial charge is 0.225 e. The van der Waals surface area contributed by atoms with Crippen molar-refractivity contribution in [2.45, 2.75) is 73.1 Å². The summed E-state index contributed by atoms with van der Waals surface area (Å²) in [6.45, 7) is 13.7. The Hall–Kier alpha value is -0.530. The van der Waals surface area contributed by atoms with Crippen LogP contribution in [-0.2, 0) is 4.79 Å². The number of nitrogens with zero attached hydrogens (tertiary/aromatic N) is 1. The Balaban J connectivity index is 1.80. The standard InChI is InChI=1S/C19H35NO/c1-14(2)15-10-12-20(13-11-15)18(21)16-6-8-17(9-7-16)19(3,4)5/h14-17H,6-13H2,1-5H3. The third-order valence-corrected chi connectivity index (χ3v) is 6.10. The first kappa shape index (κ1) is 16.8. The minimum atomic E-state index is 0.319. The van der Waals surface area contributed by atoms with Crippen molar-refractivity contribution >= 4 is 5.91 Å². The van der Waals surface area contributed by atoms with E-state index in [2.05, 4.69) is 39.5 Å². The highest BCUT2D eigenvalue weighted by Crippen LogP contribution is 2.40. The van der Waals surface area contributed by atoms with E-state index < -0.39 is 0 Å². The first-order chi connectivity index (χ1) is 9.79. The Kier molecular flexibility index (Phi) is 5.38. The lowest BCUT2D eigenvalue weighted by atomic mass is 9.69. The second kappa shape index (κ2) is 6.71. The average molecular weight is 293 g/mol. The van der Waals surface area contributed by atoms with Crippen molar-refractivity contribution in [1.82, 2.24) is 4.90 Å². The second-order valence-electron chi connectivity index (χ2n) is 8.82. The third-order valence-electron chi connectivity index (χ3n) is 6.10. The van der Waals surface area contributed by atoms with Gasteiger partial charge in [-0.05, 0) is 61.7 Å². The third kappa shape index (κ3) is 4.23. The molecule has 2 heteroatoms. The number of hydrogen-bond acceptors (Lipinski definition) is 1. The first-order valence-electron chi connectivity index (χ1n) is 9.08. The van der Waals surface area contributed by atoms with Gasteiger partial charge in [0, 0.05) is 19.0 Å². The van der Waals surface area contributed by atoms with E-state index in [-0.39, 0.29) is 0 Å². The Bertz CT molecular complexity index is 339. The molecular weight excluding hydrogens is 258 g/mol. The molecule has 0 atom stereocenters. The SMILES string of the molecule is CC(C)C1CCN(C(=O)C2CCC(C(C)(C)C)CC2)CC1. The zero-order valence-corrected chi connectivity index (χ0v) is 14.8. The van der Waals surface area contributed by atoms with Crippen LogP contribution in [0.15, 0.2) is 0 Å². The highest BCUT2D eigenvalue weighted by atomic mass is 16.2. The van der Waals surface area contributed by atoms with Gasteiger partial charge in [-0.3, -0.25) is 4.79 Å². The van der Waals surface area contributed by atoms with Crippen molar-refractivity contribution in [2.24, 2.45) is 29.1 Å². The molecule has 0 bridgehead atoms. The predicted molar refractivity (Wildman–Crippen MR) is 89.0 cm³/mol. The number of amides is 1. The van der Waals surface area contributed by atoms with Crippen LogP contribution in [0.1, 0.15) is 73.1 Å². The summed E-state index contributed by atoms with van der Waals surface area (Å²) in [4.78, 5) is 14.9. The molecule has 1 aliphatic carbocycles. The Labute approximate surface area is 131 Å². The molecule has 2 rings (SSSR count). The molecule has 2 fully saturated rings. The summed E-state index contributed by atoms with van der Waals surface area (Å²) in [7, 11) is 0. The molecule has 0 spiro atoms. The van der Waals surface area contributed by atoms with Gasteiger partial charge >= 0.3 is 0 Å². The fourth-order valence-corrected chi connectivity index (χ4v) is 4.25. The van der Waals surface area contributed by atoms with Crippen LogP contribution < -0.4 is 0 Å². The van der Waals surface area contributed by atoms with Crippen molar-refractivity contribution in [1.29, 1.82) is 0 Å². The quantitative estimate of drug-likeness (QED) is 0.720. The average Bonchev–Trinajstić information content (AvgIpc) is 2.46. The maximum atomic E-state index is 12.7. The van der Waals surface area contributed by atoms with Crippen molar-refractivity contribution in [3.63, 3.8) is 0 Å². The van der Waals surface area contributed by atoms with Gasteiger partial charge in [0.05, 0.1) is 0 Å². The molecule has 0 radical (unpaired) electrons. The zero-order valence-electron chi connectivity index (χ0n) is 14.8. The lowest BCUT2D eigenvalue weighted by molar-refractivity contribution is -0.138. The van der Waals surface area contributed by atoms with Crippen molar-refractivity contribution < 1.29 is 4.79 Å². The number of hydrogen-bond donors (Lipinski definition) is 0. The number of piperidine rings is 1. The van der Waals surface area contributed by atoms with Crippen LogP contribution in [0.2, 0.25) is 0 Å². The molecule has 21 heavy (non-hydrogen) atoms. The minimum absolute atomic E-state index is 0.319. The van der Waals surface area contributed by atoms with E-state index in [0.29, 0.717) is 17.2 Å². The van der Waals surface area contributed by atoms with Gasteiger partial charge in [-0.1, -0.05) is 34.6 Å². The van der Waals surface area contributed by atoms with Crippen molar-refractivity contribution in [3.05, 3.63) is 0 Å². The summed E-state index contributed by atoms with van der Waals surface area (Å²) in [6, 6.07) is 0. The molecule has 0 aromatic carbocycles. The number of carbonyl (C=O) groups excluding carboxylic acids is 1. The van der Waals surface area contributed by atoms with E-state index in [4.69, 9.17) is 0 Å². The number of likely N-dealkylation sites (tertiary alicyclic amines) is 1. The van der Waals surface area contributed by atoms with Crippen LogP contribution in [0.3, 0.4) is 0 Å². The van der Waals surface area contributed by atoms with Gasteiger partial charge in [0.1, 0.15) is 0 Å². The molecule has 1 amide bonds. The van der Waals surface area contributed by atoms with Gasteiger partial charge in [-0.2, -0.15) is 0 Å². The fraction of sp³-hybridized carbons (Fsp3) is 0.947. The van der Waals surface area contributed by atoms with E-state index in [1.807, 2.05) is 0 Å². The van der Waals surface area contributed by atoms with Crippen LogP contribution >= 0.6 is 0 Å². The lowest BCUT2D eigenvalue weighted by Crippen LogP contribution is -2.43. The highest BCUT2D eigenvalue weighted by molar-refractivity contribution is 5.79. The molecular formula is C19H35NO. The molecule has 2 aliphatic rings. The summed E-state index contributed by atoms with van der Waals surface area (Å²) >= 11 is 0. The molecule has 1 aliphatic heterocycles. The van der Waals surface area contributed by atoms with E-state index >= 15 is 0 Å². The van der Waals surface area contributed by atoms with E-state index in [0.717, 1.165) is 43.7 Å². The van der Waals surface area contributed by atoms with Crippen LogP contribution in [-0.4, -0.2) is 23.9 Å². The van der Waals surface area contributed by atoms with Crippen LogP contribution in [0, 0.1) is 29.1 Å². The van der Waals surface area contributed by atoms with Gasteiger partial charge in [0.15, 0.2) is 0 Å². The van der Waals surface area contributed by atoms with Crippen molar-refractivity contribution in [2.75, 3.05) is 13.1 Å². The predicted octanol–water partition coefficient (Wildman–Crippen LogP) is 4.73. The molecule has 0 aromatic rings. The Morgan fingerprint density at radius 3 is 1.90 bits per heavy atom. The fourth-order valence-electron chi connectivity index (χ4n) is 4.25. The molecule has 2 nitrogen and oxygen atoms in total. The number of carbonyl (C=O) groups is 1. The largest absolute Gasteiger partial charge is 0.342 e. The second-order valence-corrected chi connectivity index (χ2v) is 8.82. The topological polar surface area (TPSA) is 20.3 Å². The molecule has 1 saturated heterocycles. The summed E-state index contributed by atoms with van der Waals surface area (Å²) in [5.74, 6) is 3.17. The zero-order chi connectivity index (χ0) is 15.6. The summed E-state index contributed by atoms with van der Waals surface area (Å²) < 4.78 is 0. The van der Waals surface area contributed by atoms with Crippen LogP contribution in [0.25, 0.3) is 0 Å². The summed E-state index contributed by atoms with van der Waals surface area (Å²) in [5.41, 5.74) is 0.406. The number of rotatable bonds is 2. The van der Waals surface area contributed by atoms with Crippen LogP contribution in [0.5, 0.6) is 0 Å². The Morgan fingerprint density at radius 1 is 0.952 bits per heavy atom. The Morgan fingerprint density at radius 2 is 1.48 bits per heavy atom. The maximum Gasteiger partial charge on any atom is 0.225 e. The monoisotopic (exact) mass is 293 g/mol. The molecule has 0 unspecified atom stereocenters. The maximum absolute atomic E-state index is 12.7. The van der Waals surface area contributed by atoms with E-state index in [9.17, 15) is 4.79 Å². The molecule has 122 valence electrons. The molecule has 1 heterocycles. The molecule has 0 aromatic heterocycles. The normalized spacial score (nSPS) is 29.0. The van der Waals surface area contributed by atoms with Gasteiger partial charge in [-0.25, -0.2) is 0 Å². The van der Waals surface area contributed by atoms with Gasteiger partial charge in [-0.15, -0.1) is 0 Å². The van der Waals surface area contributed by atoms with Gasteiger partial charge in [0.25, 0.3) is 0 Å². The molecule has 0 N–H and O–H groups in total. The van der Waals surface area contributed by atoms with Crippen molar-refractivity contribution in [3.8, 4) is 0 Å². The van der Waals surface area contributed by atoms with E-state index in [1.165, 1.54) is 25.7 Å². The summed E-state index contributed by atoms with van der Waals surface area (Å²) in [5, 5.41) is 0. The minimum Gasteiger partial charge on any atom is -0.342 e. The molecule has 1 saturated carbocycles. The van der Waals surface area contributed by atoms with E-state index in [1.54, 1.807) is 0 Å².